The van der Waals surface area contributed by atoms with Gasteiger partial charge < -0.3 is 9.47 Å². The molecule has 7 heteroatoms. The minimum absolute atomic E-state index is 0.0898. The molecule has 0 saturated carbocycles. The van der Waals surface area contributed by atoms with Gasteiger partial charge in [0.05, 0.1) is 11.8 Å². The van der Waals surface area contributed by atoms with E-state index in [1.807, 2.05) is 43.3 Å². The van der Waals surface area contributed by atoms with Crippen LogP contribution in [0.2, 0.25) is 0 Å². The quantitative estimate of drug-likeness (QED) is 0.106. The molecule has 0 N–H and O–H groups in total. The summed E-state index contributed by atoms with van der Waals surface area (Å²) >= 11 is 4.86. The number of ether oxygens (including phenoxy) is 2. The zero-order valence-electron chi connectivity index (χ0n) is 29.8. The van der Waals surface area contributed by atoms with Crippen LogP contribution >= 0.6 is 12.6 Å². The third-order valence-electron chi connectivity index (χ3n) is 9.57. The molecular formula is C39H55F3O3S. The Morgan fingerprint density at radius 2 is 1.54 bits per heavy atom. The molecule has 2 aromatic carbocycles. The molecule has 0 spiro atoms. The molecule has 1 aliphatic carbocycles. The molecule has 1 aliphatic rings. The maximum Gasteiger partial charge on any atom is 0.393 e. The fraction of sp³-hybridized carbons (Fsp3) is 0.615. The van der Waals surface area contributed by atoms with Crippen molar-refractivity contribution in [2.24, 2.45) is 16.2 Å². The maximum atomic E-state index is 13.8. The van der Waals surface area contributed by atoms with Crippen LogP contribution in [0.1, 0.15) is 130 Å². The highest BCUT2D eigenvalue weighted by atomic mass is 32.1. The molecular weight excluding hydrogens is 605 g/mol. The van der Waals surface area contributed by atoms with Gasteiger partial charge in [-0.2, -0.15) is 13.2 Å². The van der Waals surface area contributed by atoms with Crippen LogP contribution in [0.5, 0.6) is 5.75 Å². The number of rotatable bonds is 12. The molecule has 0 heterocycles. The summed E-state index contributed by atoms with van der Waals surface area (Å²) in [6.45, 7) is 22.0. The van der Waals surface area contributed by atoms with Crippen molar-refractivity contribution in [1.29, 1.82) is 0 Å². The van der Waals surface area contributed by atoms with Gasteiger partial charge in [-0.05, 0) is 110 Å². The van der Waals surface area contributed by atoms with E-state index in [0.717, 1.165) is 47.9 Å². The number of unbranched alkanes of at least 4 members (excludes halogenated alkanes) is 2. The van der Waals surface area contributed by atoms with E-state index in [2.05, 4.69) is 48.5 Å². The molecule has 2 atom stereocenters. The summed E-state index contributed by atoms with van der Waals surface area (Å²) in [6, 6.07) is 11.2. The molecule has 0 saturated heterocycles. The fourth-order valence-electron chi connectivity index (χ4n) is 6.11. The van der Waals surface area contributed by atoms with Crippen LogP contribution in [0.3, 0.4) is 0 Å². The monoisotopic (exact) mass is 660 g/mol. The van der Waals surface area contributed by atoms with Crippen LogP contribution in [0.4, 0.5) is 13.2 Å². The summed E-state index contributed by atoms with van der Waals surface area (Å²) in [5.41, 5.74) is 2.37. The average molecular weight is 661 g/mol. The van der Waals surface area contributed by atoms with Crippen LogP contribution in [-0.2, 0) is 28.8 Å². The number of carbonyl (C=O) groups is 1. The number of allylic oxidation sites excluding steroid dienone is 1. The second-order valence-electron chi connectivity index (χ2n) is 16.3. The topological polar surface area (TPSA) is 35.5 Å². The van der Waals surface area contributed by atoms with Crippen LogP contribution in [0.25, 0.3) is 11.6 Å². The first-order chi connectivity index (χ1) is 20.9. The summed E-state index contributed by atoms with van der Waals surface area (Å²) in [5, 5.41) is 0. The van der Waals surface area contributed by atoms with E-state index in [1.165, 1.54) is 0 Å². The lowest BCUT2D eigenvalue weighted by molar-refractivity contribution is -0.188. The SMILES string of the molecule is CCCCCc1ccc(C2=Cc3ccc(OC(C)(S)C(C)(C)OC(=O)C(C)(CC(C)(C)C)C(C)(C)C)cc3C2)c(CC(F)(F)F)c1. The number of thiol groups is 1. The van der Waals surface area contributed by atoms with Gasteiger partial charge in [-0.15, -0.1) is 12.6 Å². The molecule has 0 bridgehead atoms. The van der Waals surface area contributed by atoms with Gasteiger partial charge in [0, 0.05) is 0 Å². The summed E-state index contributed by atoms with van der Waals surface area (Å²) in [4.78, 5) is 12.6. The standard InChI is InChI=1S/C39H55F3O3S/c1-12-13-14-15-26-16-19-32(30(20-26)24-39(40,41)42)29-21-27-17-18-31(23-28(27)22-29)44-38(11,46)36(8,9)45-33(43)37(10,35(5,6)7)25-34(2,3)4/h16-21,23,46H,12-15,22,24-25H2,1-11H3. The molecule has 0 aromatic heterocycles. The van der Waals surface area contributed by atoms with E-state index in [1.54, 1.807) is 26.8 Å². The number of aryl methyl sites for hydroxylation is 1. The van der Waals surface area contributed by atoms with Crippen molar-refractivity contribution in [3.05, 3.63) is 64.2 Å². The number of hydrogen-bond acceptors (Lipinski definition) is 4. The molecule has 3 nitrogen and oxygen atoms in total. The largest absolute Gasteiger partial charge is 0.473 e. The summed E-state index contributed by atoms with van der Waals surface area (Å²) < 4.78 is 53.5. The van der Waals surface area contributed by atoms with Gasteiger partial charge in [0.1, 0.15) is 5.75 Å². The van der Waals surface area contributed by atoms with E-state index >= 15 is 0 Å². The highest BCUT2D eigenvalue weighted by Gasteiger charge is 2.52. The Hall–Kier alpha value is -2.41. The molecule has 0 fully saturated rings. The van der Waals surface area contributed by atoms with E-state index in [4.69, 9.17) is 22.1 Å². The first kappa shape index (κ1) is 38.0. The minimum Gasteiger partial charge on any atom is -0.473 e. The Labute approximate surface area is 281 Å². The van der Waals surface area contributed by atoms with Gasteiger partial charge in [0.2, 0.25) is 0 Å². The van der Waals surface area contributed by atoms with Crippen molar-refractivity contribution in [3.63, 3.8) is 0 Å². The van der Waals surface area contributed by atoms with Crippen molar-refractivity contribution < 1.29 is 27.4 Å². The zero-order chi connectivity index (χ0) is 34.9. The lowest BCUT2D eigenvalue weighted by atomic mass is 9.61. The predicted octanol–water partition coefficient (Wildman–Crippen LogP) is 11.5. The Kier molecular flexibility index (Phi) is 11.3. The number of halogens is 3. The number of benzene rings is 2. The van der Waals surface area contributed by atoms with Gasteiger partial charge in [-0.25, -0.2) is 0 Å². The molecule has 2 unspecified atom stereocenters. The van der Waals surface area contributed by atoms with Crippen molar-refractivity contribution >= 4 is 30.2 Å². The molecule has 0 aliphatic heterocycles. The molecule has 256 valence electrons. The normalized spacial score (nSPS) is 16.7. The second-order valence-corrected chi connectivity index (χ2v) is 17.1. The highest BCUT2D eigenvalue weighted by Crippen LogP contribution is 2.49. The molecule has 3 rings (SSSR count). The van der Waals surface area contributed by atoms with E-state index < -0.39 is 28.5 Å². The first-order valence-corrected chi connectivity index (χ1v) is 17.0. The van der Waals surface area contributed by atoms with E-state index in [0.29, 0.717) is 29.7 Å². The van der Waals surface area contributed by atoms with Gasteiger partial charge in [0.25, 0.3) is 0 Å². The van der Waals surface area contributed by atoms with Gasteiger partial charge >= 0.3 is 12.1 Å². The Morgan fingerprint density at radius 1 is 0.891 bits per heavy atom. The number of hydrogen-bond donors (Lipinski definition) is 1. The Morgan fingerprint density at radius 3 is 2.11 bits per heavy atom. The van der Waals surface area contributed by atoms with Crippen LogP contribution < -0.4 is 4.74 Å². The molecule has 0 amide bonds. The Bertz CT molecular complexity index is 1420. The first-order valence-electron chi connectivity index (χ1n) is 16.5. The minimum atomic E-state index is -4.30. The van der Waals surface area contributed by atoms with Gasteiger partial charge in [0.15, 0.2) is 10.5 Å². The fourth-order valence-corrected chi connectivity index (χ4v) is 6.26. The van der Waals surface area contributed by atoms with Crippen LogP contribution in [-0.4, -0.2) is 22.7 Å². The Balaban J connectivity index is 1.82. The second kappa shape index (κ2) is 13.6. The molecule has 0 radical (unpaired) electrons. The summed E-state index contributed by atoms with van der Waals surface area (Å²) in [7, 11) is 0. The van der Waals surface area contributed by atoms with Gasteiger partial charge in [-0.1, -0.05) is 91.6 Å². The smallest absolute Gasteiger partial charge is 0.393 e. The van der Waals surface area contributed by atoms with Crippen molar-refractivity contribution in [2.75, 3.05) is 0 Å². The third kappa shape index (κ3) is 9.35. The zero-order valence-corrected chi connectivity index (χ0v) is 30.7. The lowest BCUT2D eigenvalue weighted by Crippen LogP contribution is -2.54. The van der Waals surface area contributed by atoms with Crippen LogP contribution in [0.15, 0.2) is 36.4 Å². The number of fused-ring (bicyclic) bond motifs is 1. The van der Waals surface area contributed by atoms with E-state index in [9.17, 15) is 18.0 Å². The molecule has 46 heavy (non-hydrogen) atoms. The number of alkyl halides is 3. The predicted molar refractivity (Wildman–Crippen MR) is 187 cm³/mol. The third-order valence-corrected chi connectivity index (χ3v) is 10.2. The highest BCUT2D eigenvalue weighted by molar-refractivity contribution is 7.81. The maximum absolute atomic E-state index is 13.8. The van der Waals surface area contributed by atoms with Crippen molar-refractivity contribution in [3.8, 4) is 5.75 Å². The van der Waals surface area contributed by atoms with Crippen LogP contribution in [0, 0.1) is 16.2 Å². The lowest BCUT2D eigenvalue weighted by Gasteiger charge is -2.47. The molecule has 2 aromatic rings. The number of esters is 1. The number of carbonyl (C=O) groups excluding carboxylic acids is 1. The average Bonchev–Trinajstić information content (AvgIpc) is 3.29. The van der Waals surface area contributed by atoms with Crippen molar-refractivity contribution in [1.82, 2.24) is 0 Å². The van der Waals surface area contributed by atoms with Gasteiger partial charge in [-0.3, -0.25) is 4.79 Å². The summed E-state index contributed by atoms with van der Waals surface area (Å²) in [5.74, 6) is 0.253. The summed E-state index contributed by atoms with van der Waals surface area (Å²) in [6.07, 6.45) is 1.71. The van der Waals surface area contributed by atoms with E-state index in [-0.39, 0.29) is 16.8 Å². The van der Waals surface area contributed by atoms with Crippen molar-refractivity contribution in [2.45, 2.75) is 138 Å².